The number of aromatic amines is 1. The molecule has 0 aliphatic rings. The third-order valence-corrected chi connectivity index (χ3v) is 3.87. The average Bonchev–Trinajstić information content (AvgIpc) is 3.09. The molecule has 9 heteroatoms. The average molecular weight is 365 g/mol. The smallest absolute Gasteiger partial charge is 0.164 e. The molecule has 1 heterocycles. The fraction of sp³-hybridized carbons (Fsp3) is 0.0625. The maximum absolute atomic E-state index is 15.0. The van der Waals surface area contributed by atoms with E-state index in [0.29, 0.717) is 5.75 Å². The van der Waals surface area contributed by atoms with Gasteiger partial charge in [-0.1, -0.05) is 28.9 Å². The van der Waals surface area contributed by atoms with E-state index in [9.17, 15) is 13.2 Å². The maximum Gasteiger partial charge on any atom is 0.164 e. The van der Waals surface area contributed by atoms with Crippen molar-refractivity contribution in [2.24, 2.45) is 0 Å². The molecule has 0 fully saturated rings. The maximum atomic E-state index is 15.0. The topological polar surface area (TPSA) is 74.6 Å². The molecule has 3 aromatic rings. The van der Waals surface area contributed by atoms with Crippen molar-refractivity contribution in [1.29, 1.82) is 5.26 Å². The van der Waals surface area contributed by atoms with Crippen molar-refractivity contribution < 1.29 is 17.9 Å². The van der Waals surface area contributed by atoms with Gasteiger partial charge in [-0.05, 0) is 17.7 Å². The first-order valence-electron chi connectivity index (χ1n) is 6.81. The number of hydrogen-bond donors (Lipinski definition) is 1. The molecule has 0 aliphatic carbocycles. The van der Waals surface area contributed by atoms with Crippen LogP contribution in [0.3, 0.4) is 0 Å². The van der Waals surface area contributed by atoms with Gasteiger partial charge in [0.2, 0.25) is 0 Å². The van der Waals surface area contributed by atoms with Gasteiger partial charge in [0, 0.05) is 0 Å². The van der Waals surface area contributed by atoms with Crippen molar-refractivity contribution in [1.82, 2.24) is 15.4 Å². The number of nitrogens with one attached hydrogen (secondary N) is 1. The van der Waals surface area contributed by atoms with Gasteiger partial charge in [0.15, 0.2) is 17.3 Å². The summed E-state index contributed by atoms with van der Waals surface area (Å²) in [6, 6.07) is 7.44. The van der Waals surface area contributed by atoms with Gasteiger partial charge >= 0.3 is 0 Å². The minimum atomic E-state index is -1.36. The third kappa shape index (κ3) is 2.68. The largest absolute Gasteiger partial charge is 0.497 e. The lowest BCUT2D eigenvalue weighted by molar-refractivity contribution is 0.415. The molecule has 0 amide bonds. The molecule has 5 nitrogen and oxygen atoms in total. The van der Waals surface area contributed by atoms with Crippen molar-refractivity contribution in [3.8, 4) is 34.2 Å². The molecule has 3 rings (SSSR count). The number of hydrogen-bond acceptors (Lipinski definition) is 4. The van der Waals surface area contributed by atoms with Gasteiger partial charge in [-0.2, -0.15) is 5.26 Å². The molecule has 0 saturated carbocycles. The monoisotopic (exact) mass is 364 g/mol. The molecule has 2 aromatic carbocycles. The van der Waals surface area contributed by atoms with E-state index in [4.69, 9.17) is 21.6 Å². The molecule has 0 saturated heterocycles. The van der Waals surface area contributed by atoms with E-state index in [1.807, 2.05) is 0 Å². The highest BCUT2D eigenvalue weighted by atomic mass is 35.5. The zero-order valence-electron chi connectivity index (χ0n) is 12.6. The summed E-state index contributed by atoms with van der Waals surface area (Å²) in [5.74, 6) is -3.39. The number of rotatable bonds is 3. The minimum absolute atomic E-state index is 0.112. The predicted molar refractivity (Wildman–Crippen MR) is 83.4 cm³/mol. The summed E-state index contributed by atoms with van der Waals surface area (Å²) < 4.78 is 48.8. The zero-order valence-corrected chi connectivity index (χ0v) is 13.3. The minimum Gasteiger partial charge on any atom is -0.497 e. The Morgan fingerprint density at radius 1 is 1.08 bits per heavy atom. The van der Waals surface area contributed by atoms with Gasteiger partial charge in [0.05, 0.1) is 18.2 Å². The summed E-state index contributed by atoms with van der Waals surface area (Å²) in [4.78, 5) is 0. The van der Waals surface area contributed by atoms with Crippen LogP contribution in [0.15, 0.2) is 24.3 Å². The summed E-state index contributed by atoms with van der Waals surface area (Å²) in [7, 11) is 1.44. The van der Waals surface area contributed by atoms with E-state index in [-0.39, 0.29) is 11.3 Å². The number of H-pyrrole nitrogens is 1. The quantitative estimate of drug-likeness (QED) is 0.561. The van der Waals surface area contributed by atoms with Crippen LogP contribution in [0, 0.1) is 28.8 Å². The van der Waals surface area contributed by atoms with E-state index in [2.05, 4.69) is 15.4 Å². The van der Waals surface area contributed by atoms with Gasteiger partial charge in [-0.3, -0.25) is 0 Å². The summed E-state index contributed by atoms with van der Waals surface area (Å²) in [5, 5.41) is 17.1. The predicted octanol–water partition coefficient (Wildman–Crippen LogP) is 4.09. The van der Waals surface area contributed by atoms with Crippen LogP contribution < -0.4 is 4.74 Å². The molecule has 1 aromatic heterocycles. The molecule has 0 spiro atoms. The number of methoxy groups -OCH3 is 1. The molecule has 0 bridgehead atoms. The first-order valence-corrected chi connectivity index (χ1v) is 7.19. The fourth-order valence-electron chi connectivity index (χ4n) is 2.33. The molecule has 0 radical (unpaired) electrons. The lowest BCUT2D eigenvalue weighted by atomic mass is 9.98. The van der Waals surface area contributed by atoms with Crippen LogP contribution in [-0.4, -0.2) is 22.5 Å². The Morgan fingerprint density at radius 2 is 1.72 bits per heavy atom. The van der Waals surface area contributed by atoms with E-state index in [0.717, 1.165) is 0 Å². The molecule has 126 valence electrons. The number of nitrogens with zero attached hydrogens (tertiary/aromatic N) is 3. The first-order chi connectivity index (χ1) is 12.0. The van der Waals surface area contributed by atoms with Crippen LogP contribution in [0.25, 0.3) is 22.4 Å². The molecular formula is C16H8ClF3N4O. The van der Waals surface area contributed by atoms with E-state index in [1.165, 1.54) is 31.4 Å². The summed E-state index contributed by atoms with van der Waals surface area (Å²) in [6.07, 6.45) is 0. The van der Waals surface area contributed by atoms with Crippen molar-refractivity contribution in [2.75, 3.05) is 7.11 Å². The van der Waals surface area contributed by atoms with Crippen LogP contribution in [0.2, 0.25) is 5.02 Å². The van der Waals surface area contributed by atoms with E-state index >= 15 is 0 Å². The SMILES string of the molecule is COc1ccc(-c2c(F)c(Cl)c(F)c(-c3nn[nH]c3C#N)c2F)cc1. The number of aromatic nitrogens is 3. The standard InChI is InChI=1S/C16H8ClF3N4O/c1-25-8-4-2-7(3-5-8)10-13(18)11(15(20)12(17)14(10)19)16-9(6-21)22-24-23-16/h2-5H,1H3,(H,22,23,24). The molecule has 1 N–H and O–H groups in total. The summed E-state index contributed by atoms with van der Waals surface area (Å²) >= 11 is 5.70. The molecule has 0 atom stereocenters. The number of halogens is 4. The Balaban J connectivity index is 2.32. The van der Waals surface area contributed by atoms with Crippen molar-refractivity contribution in [2.45, 2.75) is 0 Å². The Labute approximate surface area is 144 Å². The Kier molecular flexibility index (Phi) is 4.33. The fourth-order valence-corrected chi connectivity index (χ4v) is 2.52. The summed E-state index contributed by atoms with van der Waals surface area (Å²) in [5.41, 5.74) is -1.84. The lowest BCUT2D eigenvalue weighted by Gasteiger charge is -2.12. The zero-order chi connectivity index (χ0) is 18.1. The van der Waals surface area contributed by atoms with Crippen molar-refractivity contribution in [3.63, 3.8) is 0 Å². The van der Waals surface area contributed by atoms with Crippen LogP contribution in [0.5, 0.6) is 5.75 Å². The van der Waals surface area contributed by atoms with Gasteiger partial charge in [-0.15, -0.1) is 5.10 Å². The highest BCUT2D eigenvalue weighted by molar-refractivity contribution is 6.31. The van der Waals surface area contributed by atoms with Crippen LogP contribution in [0.1, 0.15) is 5.69 Å². The van der Waals surface area contributed by atoms with E-state index < -0.39 is 39.3 Å². The van der Waals surface area contributed by atoms with Gasteiger partial charge in [0.25, 0.3) is 0 Å². The van der Waals surface area contributed by atoms with Crippen LogP contribution >= 0.6 is 11.6 Å². The van der Waals surface area contributed by atoms with E-state index in [1.54, 1.807) is 6.07 Å². The second-order valence-corrected chi connectivity index (χ2v) is 5.26. The highest BCUT2D eigenvalue weighted by Gasteiger charge is 2.29. The number of nitriles is 1. The van der Waals surface area contributed by atoms with Crippen molar-refractivity contribution in [3.05, 3.63) is 52.4 Å². The Morgan fingerprint density at radius 3 is 2.32 bits per heavy atom. The normalized spacial score (nSPS) is 10.6. The highest BCUT2D eigenvalue weighted by Crippen LogP contribution is 2.40. The second-order valence-electron chi connectivity index (χ2n) is 4.88. The Bertz CT molecular complexity index is 996. The number of benzene rings is 2. The third-order valence-electron chi connectivity index (χ3n) is 3.54. The first kappa shape index (κ1) is 16.8. The lowest BCUT2D eigenvalue weighted by Crippen LogP contribution is -2.01. The molecular weight excluding hydrogens is 357 g/mol. The second kappa shape index (κ2) is 6.45. The van der Waals surface area contributed by atoms with Crippen LogP contribution in [-0.2, 0) is 0 Å². The number of ether oxygens (including phenoxy) is 1. The van der Waals surface area contributed by atoms with Gasteiger partial charge in [0.1, 0.15) is 28.4 Å². The molecule has 0 unspecified atom stereocenters. The molecule has 25 heavy (non-hydrogen) atoms. The van der Waals surface area contributed by atoms with Gasteiger partial charge < -0.3 is 4.74 Å². The van der Waals surface area contributed by atoms with Crippen LogP contribution in [0.4, 0.5) is 13.2 Å². The summed E-state index contributed by atoms with van der Waals surface area (Å²) in [6.45, 7) is 0. The molecule has 0 aliphatic heterocycles. The van der Waals surface area contributed by atoms with Gasteiger partial charge in [-0.25, -0.2) is 18.3 Å². The Hall–Kier alpha value is -3.05. The van der Waals surface area contributed by atoms with Crippen molar-refractivity contribution >= 4 is 11.6 Å².